The molecule has 3 aromatic rings. The number of carbonyl (C=O) groups is 1. The van der Waals surface area contributed by atoms with Crippen molar-refractivity contribution in [2.45, 2.75) is 19.3 Å². The Labute approximate surface area is 168 Å². The number of carboxylic acids is 1. The van der Waals surface area contributed by atoms with Gasteiger partial charge in [-0.05, 0) is 49.6 Å². The summed E-state index contributed by atoms with van der Waals surface area (Å²) in [4.78, 5) is 11.4. The number of anilines is 1. The number of ether oxygens (including phenoxy) is 2. The minimum atomic E-state index is -0.965. The molecule has 7 nitrogen and oxygen atoms in total. The highest BCUT2D eigenvalue weighted by molar-refractivity contribution is 5.88. The monoisotopic (exact) mass is 393 g/mol. The van der Waals surface area contributed by atoms with Crippen LogP contribution in [0, 0.1) is 0 Å². The number of hydrogen-bond donors (Lipinski definition) is 2. The maximum absolute atomic E-state index is 11.4. The fraction of sp³-hybridized carbons (Fsp3) is 0.273. The molecule has 0 bridgehead atoms. The molecule has 2 heterocycles. The molecule has 1 aromatic heterocycles. The van der Waals surface area contributed by atoms with Crippen LogP contribution in [0.25, 0.3) is 16.9 Å². The predicted octanol–water partition coefficient (Wildman–Crippen LogP) is 4.00. The van der Waals surface area contributed by atoms with Crippen LogP contribution >= 0.6 is 0 Å². The lowest BCUT2D eigenvalue weighted by molar-refractivity contribution is 0.0697. The van der Waals surface area contributed by atoms with E-state index in [0.717, 1.165) is 48.4 Å². The Hall–Kier alpha value is -3.48. The number of para-hydroxylation sites is 1. The van der Waals surface area contributed by atoms with E-state index in [-0.39, 0.29) is 5.56 Å². The summed E-state index contributed by atoms with van der Waals surface area (Å²) in [7, 11) is 3.23. The number of nitrogens with one attached hydrogen (secondary N) is 1. The van der Waals surface area contributed by atoms with Crippen molar-refractivity contribution in [1.29, 1.82) is 0 Å². The standard InChI is InChI=1S/C22H23N3O4/c1-28-18-11-6-10-16(20(18)29-2)19-17-9-3-4-12-23-21(17)25(24-19)15-8-5-7-14(13-15)22(26)27/h5-8,10-11,13,23H,3-4,9,12H2,1-2H3,(H,26,27). The van der Waals surface area contributed by atoms with Crippen LogP contribution in [0.4, 0.5) is 5.82 Å². The zero-order valence-corrected chi connectivity index (χ0v) is 16.4. The van der Waals surface area contributed by atoms with Crippen LogP contribution < -0.4 is 14.8 Å². The van der Waals surface area contributed by atoms with Crippen LogP contribution in [0.1, 0.15) is 28.8 Å². The van der Waals surface area contributed by atoms with Crippen molar-refractivity contribution in [3.63, 3.8) is 0 Å². The van der Waals surface area contributed by atoms with Crippen molar-refractivity contribution in [1.82, 2.24) is 9.78 Å². The molecule has 0 radical (unpaired) electrons. The molecule has 0 saturated carbocycles. The quantitative estimate of drug-likeness (QED) is 0.681. The first-order chi connectivity index (χ1) is 14.1. The van der Waals surface area contributed by atoms with Crippen LogP contribution in [0.15, 0.2) is 42.5 Å². The minimum absolute atomic E-state index is 0.223. The maximum Gasteiger partial charge on any atom is 0.335 e. The number of aromatic carboxylic acids is 1. The van der Waals surface area contributed by atoms with E-state index < -0.39 is 5.97 Å². The Morgan fingerprint density at radius 2 is 1.97 bits per heavy atom. The van der Waals surface area contributed by atoms with Crippen molar-refractivity contribution in [3.8, 4) is 28.4 Å². The Bertz CT molecular complexity index is 1060. The second kappa shape index (κ2) is 7.87. The smallest absolute Gasteiger partial charge is 0.335 e. The topological polar surface area (TPSA) is 85.6 Å². The third-order valence-corrected chi connectivity index (χ3v) is 5.13. The van der Waals surface area contributed by atoms with Gasteiger partial charge in [-0.3, -0.25) is 0 Å². The van der Waals surface area contributed by atoms with Gasteiger partial charge >= 0.3 is 5.97 Å². The molecule has 150 valence electrons. The lowest BCUT2D eigenvalue weighted by atomic mass is 10.0. The van der Waals surface area contributed by atoms with E-state index in [9.17, 15) is 9.90 Å². The fourth-order valence-electron chi connectivity index (χ4n) is 3.75. The normalized spacial score (nSPS) is 13.2. The van der Waals surface area contributed by atoms with E-state index in [1.54, 1.807) is 37.1 Å². The highest BCUT2D eigenvalue weighted by Gasteiger charge is 2.25. The predicted molar refractivity (Wildman–Crippen MR) is 110 cm³/mol. The average Bonchev–Trinajstić information content (AvgIpc) is 2.93. The Morgan fingerprint density at radius 1 is 1.14 bits per heavy atom. The third kappa shape index (κ3) is 3.40. The number of methoxy groups -OCH3 is 2. The Kier molecular flexibility index (Phi) is 5.12. The van der Waals surface area contributed by atoms with Gasteiger partial charge in [0.05, 0.1) is 25.5 Å². The van der Waals surface area contributed by atoms with Gasteiger partial charge in [0.15, 0.2) is 11.5 Å². The maximum atomic E-state index is 11.4. The van der Waals surface area contributed by atoms with Crippen LogP contribution in [-0.2, 0) is 6.42 Å². The molecule has 29 heavy (non-hydrogen) atoms. The summed E-state index contributed by atoms with van der Waals surface area (Å²) in [5, 5.41) is 17.7. The minimum Gasteiger partial charge on any atom is -0.493 e. The van der Waals surface area contributed by atoms with E-state index in [2.05, 4.69) is 5.32 Å². The van der Waals surface area contributed by atoms with Crippen molar-refractivity contribution < 1.29 is 19.4 Å². The van der Waals surface area contributed by atoms with E-state index in [0.29, 0.717) is 17.2 Å². The number of aromatic nitrogens is 2. The molecule has 0 spiro atoms. The summed E-state index contributed by atoms with van der Waals surface area (Å²) in [6.07, 6.45) is 2.97. The molecule has 0 aliphatic carbocycles. The van der Waals surface area contributed by atoms with Gasteiger partial charge in [-0.2, -0.15) is 5.10 Å². The number of nitrogens with zero attached hydrogens (tertiary/aromatic N) is 2. The number of hydrogen-bond acceptors (Lipinski definition) is 5. The summed E-state index contributed by atoms with van der Waals surface area (Å²) < 4.78 is 12.9. The molecule has 7 heteroatoms. The number of carboxylic acid groups (broad SMARTS) is 1. The second-order valence-electron chi connectivity index (χ2n) is 6.87. The first-order valence-corrected chi connectivity index (χ1v) is 9.55. The summed E-state index contributed by atoms with van der Waals surface area (Å²) >= 11 is 0. The van der Waals surface area contributed by atoms with Crippen LogP contribution in [0.5, 0.6) is 11.5 Å². The van der Waals surface area contributed by atoms with Crippen LogP contribution in [0.3, 0.4) is 0 Å². The number of fused-ring (bicyclic) bond motifs is 1. The molecule has 0 fully saturated rings. The fourth-order valence-corrected chi connectivity index (χ4v) is 3.75. The number of benzene rings is 2. The van der Waals surface area contributed by atoms with Gasteiger partial charge in [-0.15, -0.1) is 0 Å². The Morgan fingerprint density at radius 3 is 2.72 bits per heavy atom. The number of rotatable bonds is 5. The van der Waals surface area contributed by atoms with E-state index >= 15 is 0 Å². The molecular formula is C22H23N3O4. The van der Waals surface area contributed by atoms with Gasteiger partial charge in [0.1, 0.15) is 11.5 Å². The van der Waals surface area contributed by atoms with Gasteiger partial charge < -0.3 is 19.9 Å². The van der Waals surface area contributed by atoms with E-state index in [1.165, 1.54) is 0 Å². The molecule has 4 rings (SSSR count). The Balaban J connectivity index is 1.94. The SMILES string of the molecule is COc1cccc(-c2nn(-c3cccc(C(=O)O)c3)c3c2CCCCN3)c1OC. The molecule has 1 aliphatic heterocycles. The summed E-state index contributed by atoms with van der Waals surface area (Å²) in [6, 6.07) is 12.5. The zero-order chi connectivity index (χ0) is 20.4. The molecule has 1 aliphatic rings. The van der Waals surface area contributed by atoms with E-state index in [1.807, 2.05) is 24.3 Å². The van der Waals surface area contributed by atoms with Crippen molar-refractivity contribution in [2.75, 3.05) is 26.1 Å². The summed E-state index contributed by atoms with van der Waals surface area (Å²) in [6.45, 7) is 0.839. The first kappa shape index (κ1) is 18.9. The third-order valence-electron chi connectivity index (χ3n) is 5.13. The summed E-state index contributed by atoms with van der Waals surface area (Å²) in [5.41, 5.74) is 3.67. The van der Waals surface area contributed by atoms with Gasteiger partial charge in [0.2, 0.25) is 0 Å². The van der Waals surface area contributed by atoms with E-state index in [4.69, 9.17) is 14.6 Å². The summed E-state index contributed by atoms with van der Waals surface area (Å²) in [5.74, 6) is 1.20. The molecule has 0 amide bonds. The lowest BCUT2D eigenvalue weighted by Gasteiger charge is -2.12. The van der Waals surface area contributed by atoms with Crippen molar-refractivity contribution in [2.24, 2.45) is 0 Å². The molecule has 0 atom stereocenters. The van der Waals surface area contributed by atoms with Gasteiger partial charge in [-0.25, -0.2) is 9.48 Å². The van der Waals surface area contributed by atoms with Crippen LogP contribution in [0.2, 0.25) is 0 Å². The zero-order valence-electron chi connectivity index (χ0n) is 16.4. The molecular weight excluding hydrogens is 370 g/mol. The molecule has 0 saturated heterocycles. The van der Waals surface area contributed by atoms with Crippen molar-refractivity contribution in [3.05, 3.63) is 53.6 Å². The average molecular weight is 393 g/mol. The van der Waals surface area contributed by atoms with Gasteiger partial charge in [0.25, 0.3) is 0 Å². The van der Waals surface area contributed by atoms with Gasteiger partial charge in [0, 0.05) is 17.7 Å². The molecule has 2 aromatic carbocycles. The van der Waals surface area contributed by atoms with Crippen LogP contribution in [-0.4, -0.2) is 41.6 Å². The van der Waals surface area contributed by atoms with Crippen molar-refractivity contribution >= 4 is 11.8 Å². The second-order valence-corrected chi connectivity index (χ2v) is 6.87. The first-order valence-electron chi connectivity index (χ1n) is 9.55. The lowest BCUT2D eigenvalue weighted by Crippen LogP contribution is -2.08. The highest BCUT2D eigenvalue weighted by Crippen LogP contribution is 2.42. The highest BCUT2D eigenvalue weighted by atomic mass is 16.5. The molecule has 2 N–H and O–H groups in total. The largest absolute Gasteiger partial charge is 0.493 e. The van der Waals surface area contributed by atoms with Gasteiger partial charge in [-0.1, -0.05) is 12.1 Å². The molecule has 0 unspecified atom stereocenters.